The summed E-state index contributed by atoms with van der Waals surface area (Å²) in [5.41, 5.74) is 1.22. The van der Waals surface area contributed by atoms with E-state index in [4.69, 9.17) is 0 Å². The van der Waals surface area contributed by atoms with E-state index >= 15 is 0 Å². The Bertz CT molecular complexity index is 478. The maximum Gasteiger partial charge on any atom is 0.137 e. The minimum absolute atomic E-state index is 0.309. The molecule has 0 bridgehead atoms. The Balaban J connectivity index is 2.18. The highest BCUT2D eigenvalue weighted by molar-refractivity contribution is 9.10. The van der Waals surface area contributed by atoms with E-state index in [0.717, 1.165) is 0 Å². The minimum Gasteiger partial charge on any atom is -0.386 e. The largest absolute Gasteiger partial charge is 0.386 e. The molecule has 84 valence electrons. The van der Waals surface area contributed by atoms with Gasteiger partial charge in [0, 0.05) is 11.8 Å². The zero-order valence-electron chi connectivity index (χ0n) is 8.10. The Morgan fingerprint density at radius 2 is 2.31 bits per heavy atom. The van der Waals surface area contributed by atoms with Crippen molar-refractivity contribution in [3.05, 3.63) is 45.1 Å². The highest BCUT2D eigenvalue weighted by atomic mass is 79.9. The summed E-state index contributed by atoms with van der Waals surface area (Å²) < 4.78 is 17.3. The number of aliphatic hydroxyl groups excluding tert-OH is 1. The Hall–Kier alpha value is -0.850. The van der Waals surface area contributed by atoms with E-state index in [1.807, 2.05) is 0 Å². The molecule has 0 spiro atoms. The van der Waals surface area contributed by atoms with Crippen LogP contribution in [-0.4, -0.2) is 14.7 Å². The van der Waals surface area contributed by atoms with Crippen LogP contribution >= 0.6 is 27.5 Å². The zero-order valence-corrected chi connectivity index (χ0v) is 10.5. The molecule has 2 aromatic rings. The van der Waals surface area contributed by atoms with Gasteiger partial charge in [-0.25, -0.2) is 4.39 Å². The number of halogens is 2. The lowest BCUT2D eigenvalue weighted by molar-refractivity contribution is 0.173. The van der Waals surface area contributed by atoms with Crippen LogP contribution in [0.5, 0.6) is 0 Å². The van der Waals surface area contributed by atoms with Gasteiger partial charge in [-0.3, -0.25) is 0 Å². The molecule has 0 aliphatic carbocycles. The van der Waals surface area contributed by atoms with Crippen LogP contribution in [0.2, 0.25) is 0 Å². The highest BCUT2D eigenvalue weighted by Gasteiger charge is 2.14. The number of benzene rings is 1. The van der Waals surface area contributed by atoms with Crippen molar-refractivity contribution in [2.24, 2.45) is 0 Å². The standard InChI is InChI=1S/C10H8BrFN2OS/c11-10-6(2-1-3-7(10)12)4-9(15)8-5-16-14-13-8/h1-3,5,9,15H,4H2. The summed E-state index contributed by atoms with van der Waals surface area (Å²) in [4.78, 5) is 0. The first kappa shape index (κ1) is 11.6. The van der Waals surface area contributed by atoms with Crippen LogP contribution < -0.4 is 0 Å². The fourth-order valence-corrected chi connectivity index (χ4v) is 2.26. The molecule has 6 heteroatoms. The van der Waals surface area contributed by atoms with Gasteiger partial charge in [0.05, 0.1) is 4.47 Å². The predicted octanol–water partition coefficient (Wildman–Crippen LogP) is 2.72. The fraction of sp³-hybridized carbons (Fsp3) is 0.200. The highest BCUT2D eigenvalue weighted by Crippen LogP contribution is 2.25. The van der Waals surface area contributed by atoms with Crippen LogP contribution in [0.4, 0.5) is 4.39 Å². The lowest BCUT2D eigenvalue weighted by Gasteiger charge is -2.09. The van der Waals surface area contributed by atoms with Crippen molar-refractivity contribution in [1.29, 1.82) is 0 Å². The van der Waals surface area contributed by atoms with E-state index < -0.39 is 6.10 Å². The third kappa shape index (κ3) is 2.45. The molecule has 16 heavy (non-hydrogen) atoms. The molecule has 0 amide bonds. The number of aromatic nitrogens is 2. The normalized spacial score (nSPS) is 12.7. The third-order valence-corrected chi connectivity index (χ3v) is 3.57. The predicted molar refractivity (Wildman–Crippen MR) is 62.7 cm³/mol. The average molecular weight is 303 g/mol. The molecule has 1 aromatic carbocycles. The fourth-order valence-electron chi connectivity index (χ4n) is 1.34. The van der Waals surface area contributed by atoms with Gasteiger partial charge < -0.3 is 5.11 Å². The molecule has 1 unspecified atom stereocenters. The van der Waals surface area contributed by atoms with Crippen LogP contribution in [0.3, 0.4) is 0 Å². The lowest BCUT2D eigenvalue weighted by atomic mass is 10.1. The van der Waals surface area contributed by atoms with Gasteiger partial charge in [-0.1, -0.05) is 16.6 Å². The SMILES string of the molecule is OC(Cc1cccc(F)c1Br)c1csnn1. The molecule has 0 aliphatic heterocycles. The van der Waals surface area contributed by atoms with Crippen molar-refractivity contribution in [1.82, 2.24) is 9.59 Å². The van der Waals surface area contributed by atoms with E-state index in [1.54, 1.807) is 17.5 Å². The van der Waals surface area contributed by atoms with Gasteiger partial charge in [0.25, 0.3) is 0 Å². The third-order valence-electron chi connectivity index (χ3n) is 2.16. The first-order valence-electron chi connectivity index (χ1n) is 4.56. The van der Waals surface area contributed by atoms with Gasteiger partial charge in [-0.05, 0) is 39.1 Å². The van der Waals surface area contributed by atoms with Gasteiger partial charge in [0.1, 0.15) is 17.6 Å². The minimum atomic E-state index is -0.753. The van der Waals surface area contributed by atoms with Crippen LogP contribution in [0, 0.1) is 5.82 Å². The summed E-state index contributed by atoms with van der Waals surface area (Å²) in [6.07, 6.45) is -0.444. The maximum absolute atomic E-state index is 13.2. The van der Waals surface area contributed by atoms with E-state index in [1.165, 1.54) is 17.6 Å². The number of aliphatic hydroxyl groups is 1. The number of nitrogens with zero attached hydrogens (tertiary/aromatic N) is 2. The average Bonchev–Trinajstić information content (AvgIpc) is 2.78. The van der Waals surface area contributed by atoms with Crippen molar-refractivity contribution in [3.63, 3.8) is 0 Å². The van der Waals surface area contributed by atoms with Gasteiger partial charge >= 0.3 is 0 Å². The van der Waals surface area contributed by atoms with Gasteiger partial charge in [-0.2, -0.15) is 0 Å². The summed E-state index contributed by atoms with van der Waals surface area (Å²) in [6, 6.07) is 4.74. The molecule has 0 radical (unpaired) electrons. The molecular weight excluding hydrogens is 295 g/mol. The molecule has 0 aliphatic rings. The molecular formula is C10H8BrFN2OS. The summed E-state index contributed by atoms with van der Waals surface area (Å²) >= 11 is 4.33. The molecule has 0 saturated heterocycles. The van der Waals surface area contributed by atoms with E-state index in [9.17, 15) is 9.50 Å². The van der Waals surface area contributed by atoms with Crippen molar-refractivity contribution < 1.29 is 9.50 Å². The Morgan fingerprint density at radius 3 is 3.00 bits per heavy atom. The van der Waals surface area contributed by atoms with Crippen molar-refractivity contribution >= 4 is 27.5 Å². The zero-order chi connectivity index (χ0) is 11.5. The van der Waals surface area contributed by atoms with Crippen LogP contribution in [0.1, 0.15) is 17.4 Å². The molecule has 1 N–H and O–H groups in total. The van der Waals surface area contributed by atoms with Crippen molar-refractivity contribution in [2.45, 2.75) is 12.5 Å². The van der Waals surface area contributed by atoms with E-state index in [2.05, 4.69) is 25.5 Å². The van der Waals surface area contributed by atoms with E-state index in [-0.39, 0.29) is 5.82 Å². The Kier molecular flexibility index (Phi) is 3.63. The Morgan fingerprint density at radius 1 is 1.50 bits per heavy atom. The smallest absolute Gasteiger partial charge is 0.137 e. The summed E-state index contributed by atoms with van der Waals surface area (Å²) in [7, 11) is 0. The molecule has 1 aromatic heterocycles. The quantitative estimate of drug-likeness (QED) is 0.948. The van der Waals surface area contributed by atoms with Gasteiger partial charge in [0.15, 0.2) is 0 Å². The molecule has 1 heterocycles. The molecule has 0 fully saturated rings. The second kappa shape index (κ2) is 4.99. The van der Waals surface area contributed by atoms with Crippen LogP contribution in [0.25, 0.3) is 0 Å². The second-order valence-electron chi connectivity index (χ2n) is 3.26. The first-order valence-corrected chi connectivity index (χ1v) is 6.19. The summed E-state index contributed by atoms with van der Waals surface area (Å²) in [5, 5.41) is 15.3. The van der Waals surface area contributed by atoms with E-state index in [0.29, 0.717) is 22.2 Å². The molecule has 1 atom stereocenters. The number of rotatable bonds is 3. The summed E-state index contributed by atoms with van der Waals surface area (Å²) in [5.74, 6) is -0.332. The second-order valence-corrected chi connectivity index (χ2v) is 4.67. The van der Waals surface area contributed by atoms with Crippen LogP contribution in [0.15, 0.2) is 28.1 Å². The maximum atomic E-state index is 13.2. The topological polar surface area (TPSA) is 46.0 Å². The monoisotopic (exact) mass is 302 g/mol. The Labute approximate surface area is 104 Å². The van der Waals surface area contributed by atoms with Crippen molar-refractivity contribution in [3.8, 4) is 0 Å². The molecule has 3 nitrogen and oxygen atoms in total. The lowest BCUT2D eigenvalue weighted by Crippen LogP contribution is -2.03. The first-order chi connectivity index (χ1) is 7.68. The van der Waals surface area contributed by atoms with Crippen molar-refractivity contribution in [2.75, 3.05) is 0 Å². The number of hydrogen-bond donors (Lipinski definition) is 1. The van der Waals surface area contributed by atoms with Crippen LogP contribution in [-0.2, 0) is 6.42 Å². The molecule has 2 rings (SSSR count). The van der Waals surface area contributed by atoms with Gasteiger partial charge in [0.2, 0.25) is 0 Å². The molecule has 0 saturated carbocycles. The van der Waals surface area contributed by atoms with Gasteiger partial charge in [-0.15, -0.1) is 5.10 Å². The number of hydrogen-bond acceptors (Lipinski definition) is 4. The summed E-state index contributed by atoms with van der Waals surface area (Å²) in [6.45, 7) is 0.